The lowest BCUT2D eigenvalue weighted by atomic mass is 9.99. The number of anilines is 2. The maximum absolute atomic E-state index is 12.8. The van der Waals surface area contributed by atoms with Gasteiger partial charge in [0.05, 0.1) is 6.61 Å². The number of aromatic nitrogens is 2. The molecule has 1 aliphatic heterocycles. The Balaban J connectivity index is 1.33. The SMILES string of the molecule is CN(C)c1nc(SNC(=O)Nc2c3c(cc4c2CCC4)CCC3)c2n1CCCO2. The van der Waals surface area contributed by atoms with Gasteiger partial charge in [-0.1, -0.05) is 6.07 Å². The Bertz CT molecular complexity index is 936. The summed E-state index contributed by atoms with van der Waals surface area (Å²) in [6.45, 7) is 1.56. The number of hydrogen-bond donors (Lipinski definition) is 2. The highest BCUT2D eigenvalue weighted by Gasteiger charge is 2.26. The second kappa shape index (κ2) is 7.48. The molecule has 0 saturated heterocycles. The van der Waals surface area contributed by atoms with Crippen molar-refractivity contribution in [3.63, 3.8) is 0 Å². The number of benzene rings is 1. The molecular weight excluding hydrogens is 386 g/mol. The lowest BCUT2D eigenvalue weighted by Crippen LogP contribution is -2.24. The van der Waals surface area contributed by atoms with Crippen molar-refractivity contribution in [1.29, 1.82) is 0 Å². The molecule has 0 radical (unpaired) electrons. The first-order chi connectivity index (χ1) is 14.1. The largest absolute Gasteiger partial charge is 0.477 e. The van der Waals surface area contributed by atoms with Crippen molar-refractivity contribution in [3.8, 4) is 5.88 Å². The van der Waals surface area contributed by atoms with Crippen LogP contribution in [0.25, 0.3) is 0 Å². The highest BCUT2D eigenvalue weighted by atomic mass is 32.2. The van der Waals surface area contributed by atoms with Gasteiger partial charge in [-0.15, -0.1) is 0 Å². The van der Waals surface area contributed by atoms with Crippen LogP contribution in [0.5, 0.6) is 5.88 Å². The van der Waals surface area contributed by atoms with E-state index < -0.39 is 0 Å². The predicted molar refractivity (Wildman–Crippen MR) is 115 cm³/mol. The molecule has 29 heavy (non-hydrogen) atoms. The molecule has 7 nitrogen and oxygen atoms in total. The smallest absolute Gasteiger partial charge is 0.329 e. The van der Waals surface area contributed by atoms with Gasteiger partial charge >= 0.3 is 6.03 Å². The maximum Gasteiger partial charge on any atom is 0.329 e. The van der Waals surface area contributed by atoms with E-state index >= 15 is 0 Å². The van der Waals surface area contributed by atoms with E-state index in [1.165, 1.54) is 47.0 Å². The fourth-order valence-corrected chi connectivity index (χ4v) is 5.37. The molecule has 1 aromatic heterocycles. The third kappa shape index (κ3) is 3.33. The molecule has 2 heterocycles. The van der Waals surface area contributed by atoms with Gasteiger partial charge in [-0.25, -0.2) is 9.78 Å². The van der Waals surface area contributed by atoms with Crippen LogP contribution in [0.1, 0.15) is 41.5 Å². The van der Waals surface area contributed by atoms with Gasteiger partial charge in [0.2, 0.25) is 11.8 Å². The van der Waals surface area contributed by atoms with Crippen molar-refractivity contribution >= 4 is 29.6 Å². The molecule has 0 atom stereocenters. The van der Waals surface area contributed by atoms with Crippen LogP contribution in [0.15, 0.2) is 11.1 Å². The van der Waals surface area contributed by atoms with E-state index in [-0.39, 0.29) is 6.03 Å². The molecule has 1 aromatic carbocycles. The summed E-state index contributed by atoms with van der Waals surface area (Å²) < 4.78 is 10.8. The standard InChI is InChI=1S/C21H27N5O2S/c1-25(2)21-23-18(19-26(21)10-5-11-28-19)29-24-20(27)22-17-15-8-3-6-13(15)12-14-7-4-9-16(14)17/h12H,3-11H2,1-2H3,(H2,22,24,27). The predicted octanol–water partition coefficient (Wildman–Crippen LogP) is 3.54. The van der Waals surface area contributed by atoms with Gasteiger partial charge in [0.1, 0.15) is 0 Å². The number of urea groups is 1. The fraction of sp³-hybridized carbons (Fsp3) is 0.524. The van der Waals surface area contributed by atoms with Crippen LogP contribution in [-0.4, -0.2) is 36.3 Å². The average Bonchev–Trinajstić information content (AvgIpc) is 3.44. The number of nitrogens with one attached hydrogen (secondary N) is 2. The molecule has 3 aliphatic rings. The topological polar surface area (TPSA) is 71.4 Å². The molecule has 154 valence electrons. The zero-order valence-electron chi connectivity index (χ0n) is 17.0. The Labute approximate surface area is 175 Å². The number of carbonyl (C=O) groups is 1. The van der Waals surface area contributed by atoms with Gasteiger partial charge < -0.3 is 15.0 Å². The first-order valence-corrected chi connectivity index (χ1v) is 11.2. The number of hydrogen-bond acceptors (Lipinski definition) is 5. The number of rotatable bonds is 4. The summed E-state index contributed by atoms with van der Waals surface area (Å²) in [7, 11) is 3.94. The van der Waals surface area contributed by atoms with Crippen molar-refractivity contribution in [2.24, 2.45) is 0 Å². The lowest BCUT2D eigenvalue weighted by Gasteiger charge is -2.20. The zero-order chi connectivity index (χ0) is 20.0. The summed E-state index contributed by atoms with van der Waals surface area (Å²) in [6.07, 6.45) is 7.67. The summed E-state index contributed by atoms with van der Waals surface area (Å²) in [6, 6.07) is 2.17. The van der Waals surface area contributed by atoms with Crippen LogP contribution < -0.4 is 19.7 Å². The Kier molecular flexibility index (Phi) is 4.81. The summed E-state index contributed by atoms with van der Waals surface area (Å²) in [4.78, 5) is 19.4. The monoisotopic (exact) mass is 413 g/mol. The molecule has 2 aliphatic carbocycles. The third-order valence-corrected chi connectivity index (χ3v) is 6.73. The van der Waals surface area contributed by atoms with E-state index in [1.54, 1.807) is 0 Å². The molecule has 0 fully saturated rings. The van der Waals surface area contributed by atoms with Crippen molar-refractivity contribution in [3.05, 3.63) is 28.3 Å². The van der Waals surface area contributed by atoms with Crippen LogP contribution in [0.4, 0.5) is 16.4 Å². The molecule has 0 spiro atoms. The van der Waals surface area contributed by atoms with Crippen LogP contribution in [0.2, 0.25) is 0 Å². The molecular formula is C21H27N5O2S. The summed E-state index contributed by atoms with van der Waals surface area (Å²) in [5.74, 6) is 1.59. The summed E-state index contributed by atoms with van der Waals surface area (Å²) >= 11 is 1.22. The first-order valence-electron chi connectivity index (χ1n) is 10.4. The van der Waals surface area contributed by atoms with Crippen LogP contribution in [-0.2, 0) is 32.2 Å². The minimum Gasteiger partial charge on any atom is -0.477 e. The second-order valence-electron chi connectivity index (χ2n) is 8.16. The molecule has 0 saturated carbocycles. The molecule has 2 N–H and O–H groups in total. The molecule has 0 bridgehead atoms. The Hall–Kier alpha value is -2.35. The van der Waals surface area contributed by atoms with Gasteiger partial charge in [-0.05, 0) is 67.2 Å². The number of fused-ring (bicyclic) bond motifs is 3. The number of ether oxygens (including phenoxy) is 1. The number of carbonyl (C=O) groups excluding carboxylic acids is 1. The van der Waals surface area contributed by atoms with Crippen molar-refractivity contribution in [2.45, 2.75) is 56.5 Å². The third-order valence-electron chi connectivity index (χ3n) is 5.99. The van der Waals surface area contributed by atoms with E-state index in [2.05, 4.69) is 25.7 Å². The normalized spacial score (nSPS) is 16.6. The van der Waals surface area contributed by atoms with Crippen molar-refractivity contribution in [1.82, 2.24) is 14.3 Å². The molecule has 5 rings (SSSR count). The fourth-order valence-electron chi connectivity index (χ4n) is 4.75. The maximum atomic E-state index is 12.8. The average molecular weight is 414 g/mol. The van der Waals surface area contributed by atoms with Crippen LogP contribution in [0.3, 0.4) is 0 Å². The van der Waals surface area contributed by atoms with Gasteiger partial charge in [-0.2, -0.15) is 0 Å². The minimum atomic E-state index is -0.201. The minimum absolute atomic E-state index is 0.201. The number of aryl methyl sites for hydroxylation is 2. The molecule has 8 heteroatoms. The van der Waals surface area contributed by atoms with Gasteiger partial charge in [-0.3, -0.25) is 9.29 Å². The summed E-state index contributed by atoms with van der Waals surface area (Å²) in [5, 5.41) is 3.87. The van der Waals surface area contributed by atoms with Crippen molar-refractivity contribution in [2.75, 3.05) is 30.9 Å². The number of nitrogens with zero attached hydrogens (tertiary/aromatic N) is 3. The number of imidazole rings is 1. The van der Waals surface area contributed by atoms with Crippen molar-refractivity contribution < 1.29 is 9.53 Å². The second-order valence-corrected chi connectivity index (χ2v) is 8.96. The van der Waals surface area contributed by atoms with E-state index in [0.29, 0.717) is 11.6 Å². The Morgan fingerprint density at radius 3 is 2.55 bits per heavy atom. The summed E-state index contributed by atoms with van der Waals surface area (Å²) in [5.41, 5.74) is 6.57. The van der Waals surface area contributed by atoms with Gasteiger partial charge in [0, 0.05) is 38.3 Å². The Morgan fingerprint density at radius 2 is 1.86 bits per heavy atom. The van der Waals surface area contributed by atoms with Gasteiger partial charge in [0.15, 0.2) is 5.03 Å². The van der Waals surface area contributed by atoms with Gasteiger partial charge in [0.25, 0.3) is 0 Å². The van der Waals surface area contributed by atoms with E-state index in [4.69, 9.17) is 4.74 Å². The molecule has 2 amide bonds. The van der Waals surface area contributed by atoms with E-state index in [0.717, 1.165) is 56.2 Å². The zero-order valence-corrected chi connectivity index (χ0v) is 17.8. The van der Waals surface area contributed by atoms with E-state index in [1.807, 2.05) is 19.0 Å². The molecule has 0 unspecified atom stereocenters. The van der Waals surface area contributed by atoms with E-state index in [9.17, 15) is 4.79 Å². The first kappa shape index (κ1) is 18.7. The van der Waals surface area contributed by atoms with Crippen LogP contribution >= 0.6 is 11.9 Å². The van der Waals surface area contributed by atoms with Crippen LogP contribution in [0, 0.1) is 0 Å². The highest BCUT2D eigenvalue weighted by Crippen LogP contribution is 2.39. The number of amides is 2. The quantitative estimate of drug-likeness (QED) is 0.751. The highest BCUT2D eigenvalue weighted by molar-refractivity contribution is 7.98. The molecule has 2 aromatic rings. The Morgan fingerprint density at radius 1 is 1.14 bits per heavy atom. The lowest BCUT2D eigenvalue weighted by molar-refractivity contribution is 0.235.